The molecule has 1 heterocycles. The predicted octanol–water partition coefficient (Wildman–Crippen LogP) is 4.35. The molecule has 1 saturated heterocycles. The lowest BCUT2D eigenvalue weighted by atomic mass is 10.1. The highest BCUT2D eigenvalue weighted by molar-refractivity contribution is 6.02. The van der Waals surface area contributed by atoms with Crippen molar-refractivity contribution in [3.8, 4) is 0 Å². The number of hydrogen-bond donors (Lipinski definition) is 1. The number of carbonyl (C=O) groups is 2. The Kier molecular flexibility index (Phi) is 7.15. The molecule has 3 aromatic rings. The van der Waals surface area contributed by atoms with E-state index in [0.29, 0.717) is 43.0 Å². The van der Waals surface area contributed by atoms with Gasteiger partial charge in [-0.3, -0.25) is 19.7 Å². The highest BCUT2D eigenvalue weighted by Gasteiger charge is 2.22. The number of halogens is 1. The number of nitro benzene ring substituents is 1. The maximum absolute atomic E-state index is 13.1. The van der Waals surface area contributed by atoms with E-state index in [-0.39, 0.29) is 23.3 Å². The minimum absolute atomic E-state index is 0.00687. The Hall–Kier alpha value is -4.53. The van der Waals surface area contributed by atoms with E-state index in [0.717, 1.165) is 5.69 Å². The molecule has 8 nitrogen and oxygen atoms in total. The average Bonchev–Trinajstić information content (AvgIpc) is 2.88. The fourth-order valence-corrected chi connectivity index (χ4v) is 3.76. The summed E-state index contributed by atoms with van der Waals surface area (Å²) >= 11 is 0. The van der Waals surface area contributed by atoms with Crippen molar-refractivity contribution < 1.29 is 18.9 Å². The van der Waals surface area contributed by atoms with Crippen molar-refractivity contribution in [2.24, 2.45) is 0 Å². The Morgan fingerprint density at radius 2 is 1.51 bits per heavy atom. The van der Waals surface area contributed by atoms with Crippen LogP contribution in [0.3, 0.4) is 0 Å². The lowest BCUT2D eigenvalue weighted by Crippen LogP contribution is -2.48. The molecule has 0 radical (unpaired) electrons. The quantitative estimate of drug-likeness (QED) is 0.326. The van der Waals surface area contributed by atoms with E-state index in [2.05, 4.69) is 10.2 Å². The van der Waals surface area contributed by atoms with Crippen LogP contribution in [-0.2, 0) is 4.79 Å². The summed E-state index contributed by atoms with van der Waals surface area (Å²) in [5.41, 5.74) is 2.77. The molecule has 1 aliphatic rings. The highest BCUT2D eigenvalue weighted by Crippen LogP contribution is 2.21. The molecule has 0 spiro atoms. The molecule has 4 rings (SSSR count). The molecular weight excluding hydrogens is 451 g/mol. The van der Waals surface area contributed by atoms with Crippen LogP contribution < -0.4 is 10.2 Å². The number of rotatable bonds is 6. The number of nitro groups is 1. The number of hydrogen-bond acceptors (Lipinski definition) is 5. The SMILES string of the molecule is O=C(/C=C/c1ccc([N+](=O)[O-])cc1)Nc1ccc(N2CCN(C(=O)c3ccc(F)cc3)CC2)cc1. The lowest BCUT2D eigenvalue weighted by Gasteiger charge is -2.36. The van der Waals surface area contributed by atoms with Crippen molar-refractivity contribution in [3.63, 3.8) is 0 Å². The second kappa shape index (κ2) is 10.6. The average molecular weight is 474 g/mol. The van der Waals surface area contributed by atoms with Gasteiger partial charge in [0.25, 0.3) is 11.6 Å². The number of nitrogens with zero attached hydrogens (tertiary/aromatic N) is 3. The molecule has 2 amide bonds. The zero-order chi connectivity index (χ0) is 24.8. The summed E-state index contributed by atoms with van der Waals surface area (Å²) in [4.78, 5) is 39.0. The van der Waals surface area contributed by atoms with Crippen LogP contribution in [-0.4, -0.2) is 47.8 Å². The maximum Gasteiger partial charge on any atom is 0.269 e. The number of piperazine rings is 1. The summed E-state index contributed by atoms with van der Waals surface area (Å²) in [6.45, 7) is 2.44. The van der Waals surface area contributed by atoms with Crippen molar-refractivity contribution in [2.45, 2.75) is 0 Å². The monoisotopic (exact) mass is 474 g/mol. The Morgan fingerprint density at radius 1 is 0.886 bits per heavy atom. The van der Waals surface area contributed by atoms with Gasteiger partial charge in [0.15, 0.2) is 0 Å². The molecule has 1 fully saturated rings. The molecule has 0 unspecified atom stereocenters. The molecular formula is C26H23FN4O4. The van der Waals surface area contributed by atoms with Gasteiger partial charge in [0, 0.05) is 61.3 Å². The smallest absolute Gasteiger partial charge is 0.269 e. The van der Waals surface area contributed by atoms with Crippen LogP contribution in [0.15, 0.2) is 78.9 Å². The van der Waals surface area contributed by atoms with Crippen molar-refractivity contribution >= 4 is 35.0 Å². The van der Waals surface area contributed by atoms with E-state index >= 15 is 0 Å². The summed E-state index contributed by atoms with van der Waals surface area (Å²) in [5.74, 6) is -0.792. The first-order valence-electron chi connectivity index (χ1n) is 11.0. The molecule has 1 N–H and O–H groups in total. The molecule has 178 valence electrons. The summed E-state index contributed by atoms with van der Waals surface area (Å²) in [6.07, 6.45) is 2.95. The van der Waals surface area contributed by atoms with E-state index in [9.17, 15) is 24.1 Å². The molecule has 0 aliphatic carbocycles. The fourth-order valence-electron chi connectivity index (χ4n) is 3.76. The third kappa shape index (κ3) is 6.08. The normalized spacial score (nSPS) is 13.6. The number of anilines is 2. The predicted molar refractivity (Wildman–Crippen MR) is 132 cm³/mol. The van der Waals surface area contributed by atoms with Gasteiger partial charge in [0.1, 0.15) is 5.82 Å². The maximum atomic E-state index is 13.1. The molecule has 35 heavy (non-hydrogen) atoms. The Labute approximate surface area is 201 Å². The first-order chi connectivity index (χ1) is 16.9. The lowest BCUT2D eigenvalue weighted by molar-refractivity contribution is -0.384. The van der Waals surface area contributed by atoms with Crippen LogP contribution >= 0.6 is 0 Å². The van der Waals surface area contributed by atoms with Gasteiger partial charge < -0.3 is 15.1 Å². The van der Waals surface area contributed by atoms with Gasteiger partial charge in [0.05, 0.1) is 4.92 Å². The molecule has 0 aromatic heterocycles. The van der Waals surface area contributed by atoms with E-state index < -0.39 is 4.92 Å². The zero-order valence-corrected chi connectivity index (χ0v) is 18.8. The summed E-state index contributed by atoms with van der Waals surface area (Å²) < 4.78 is 13.1. The molecule has 0 bridgehead atoms. The largest absolute Gasteiger partial charge is 0.368 e. The summed E-state index contributed by atoms with van der Waals surface area (Å²) in [6, 6.07) is 18.9. The van der Waals surface area contributed by atoms with Crippen LogP contribution in [0.2, 0.25) is 0 Å². The van der Waals surface area contributed by atoms with E-state index in [1.54, 1.807) is 23.1 Å². The standard InChI is InChI=1S/C26H23FN4O4/c27-21-6-4-20(5-7-21)26(33)30-17-15-29(16-18-30)23-12-8-22(9-13-23)28-25(32)14-3-19-1-10-24(11-2-19)31(34)35/h1-14H,15-18H2,(H,28,32)/b14-3+. The van der Waals surface area contributed by atoms with E-state index in [1.165, 1.54) is 42.5 Å². The van der Waals surface area contributed by atoms with Gasteiger partial charge >= 0.3 is 0 Å². The van der Waals surface area contributed by atoms with Gasteiger partial charge in [-0.25, -0.2) is 4.39 Å². The van der Waals surface area contributed by atoms with Crippen molar-refractivity contribution in [1.82, 2.24) is 4.90 Å². The van der Waals surface area contributed by atoms with Crippen molar-refractivity contribution in [3.05, 3.63) is 106 Å². The van der Waals surface area contributed by atoms with Gasteiger partial charge in [-0.2, -0.15) is 0 Å². The number of amides is 2. The first-order valence-corrected chi connectivity index (χ1v) is 11.0. The van der Waals surface area contributed by atoms with E-state index in [4.69, 9.17) is 0 Å². The van der Waals surface area contributed by atoms with Crippen LogP contribution in [0, 0.1) is 15.9 Å². The number of benzene rings is 3. The summed E-state index contributed by atoms with van der Waals surface area (Å²) in [5, 5.41) is 13.5. The van der Waals surface area contributed by atoms with E-state index in [1.807, 2.05) is 24.3 Å². The molecule has 3 aromatic carbocycles. The Bertz CT molecular complexity index is 1230. The zero-order valence-electron chi connectivity index (χ0n) is 18.8. The van der Waals surface area contributed by atoms with Crippen LogP contribution in [0.25, 0.3) is 6.08 Å². The van der Waals surface area contributed by atoms with Crippen LogP contribution in [0.5, 0.6) is 0 Å². The number of non-ortho nitro benzene ring substituents is 1. The number of carbonyl (C=O) groups excluding carboxylic acids is 2. The second-order valence-electron chi connectivity index (χ2n) is 8.00. The Balaban J connectivity index is 1.28. The molecule has 1 aliphatic heterocycles. The highest BCUT2D eigenvalue weighted by atomic mass is 19.1. The van der Waals surface area contributed by atoms with Gasteiger partial charge in [-0.05, 0) is 72.3 Å². The Morgan fingerprint density at radius 3 is 2.11 bits per heavy atom. The molecule has 0 atom stereocenters. The third-order valence-corrected chi connectivity index (χ3v) is 5.69. The number of nitrogens with one attached hydrogen (secondary N) is 1. The van der Waals surface area contributed by atoms with Crippen molar-refractivity contribution in [1.29, 1.82) is 0 Å². The van der Waals surface area contributed by atoms with Crippen LogP contribution in [0.4, 0.5) is 21.5 Å². The minimum atomic E-state index is -0.475. The van der Waals surface area contributed by atoms with Crippen LogP contribution in [0.1, 0.15) is 15.9 Å². The van der Waals surface area contributed by atoms with Gasteiger partial charge in [0.2, 0.25) is 5.91 Å². The third-order valence-electron chi connectivity index (χ3n) is 5.69. The second-order valence-corrected chi connectivity index (χ2v) is 8.00. The van der Waals surface area contributed by atoms with Gasteiger partial charge in [-0.15, -0.1) is 0 Å². The minimum Gasteiger partial charge on any atom is -0.368 e. The summed E-state index contributed by atoms with van der Waals surface area (Å²) in [7, 11) is 0. The first kappa shape index (κ1) is 23.6. The fraction of sp³-hybridized carbons (Fsp3) is 0.154. The van der Waals surface area contributed by atoms with Gasteiger partial charge in [-0.1, -0.05) is 0 Å². The topological polar surface area (TPSA) is 95.8 Å². The molecule has 9 heteroatoms. The molecule has 0 saturated carbocycles. The van der Waals surface area contributed by atoms with Crippen molar-refractivity contribution in [2.75, 3.05) is 36.4 Å².